The summed E-state index contributed by atoms with van der Waals surface area (Å²) in [7, 11) is 0. The van der Waals surface area contributed by atoms with Gasteiger partial charge in [-0.1, -0.05) is 6.07 Å². The Bertz CT molecular complexity index is 1230. The Kier molecular flexibility index (Phi) is 5.14. The maximum absolute atomic E-state index is 13.0. The Hall–Kier alpha value is -3.64. The molecule has 2 aromatic carbocycles. The SMILES string of the molecule is Nc1ccc(-c2ccco2)cc1CC(=O)c1cnc2cc(N3CCNCC3)ccc2c1. The summed E-state index contributed by atoms with van der Waals surface area (Å²) in [6.07, 6.45) is 3.51. The first-order chi connectivity index (χ1) is 15.2. The third-order valence-electron chi connectivity index (χ3n) is 5.77. The van der Waals surface area contributed by atoms with Crippen molar-refractivity contribution in [3.8, 4) is 11.3 Å². The summed E-state index contributed by atoms with van der Waals surface area (Å²) in [6.45, 7) is 3.95. The molecular weight excluding hydrogens is 388 g/mol. The Balaban J connectivity index is 1.38. The Morgan fingerprint density at radius 1 is 1.10 bits per heavy atom. The van der Waals surface area contributed by atoms with E-state index in [1.165, 1.54) is 5.69 Å². The maximum atomic E-state index is 13.0. The summed E-state index contributed by atoms with van der Waals surface area (Å²) >= 11 is 0. The lowest BCUT2D eigenvalue weighted by Crippen LogP contribution is -2.43. The van der Waals surface area contributed by atoms with Crippen LogP contribution in [0.1, 0.15) is 15.9 Å². The Morgan fingerprint density at radius 2 is 1.97 bits per heavy atom. The van der Waals surface area contributed by atoms with Gasteiger partial charge >= 0.3 is 0 Å². The number of furan rings is 1. The molecular formula is C25H24N4O2. The Labute approximate surface area is 180 Å². The molecule has 3 heterocycles. The number of hydrogen-bond donors (Lipinski definition) is 2. The smallest absolute Gasteiger partial charge is 0.168 e. The zero-order valence-electron chi connectivity index (χ0n) is 17.2. The molecule has 0 saturated carbocycles. The first-order valence-corrected chi connectivity index (χ1v) is 10.5. The van der Waals surface area contributed by atoms with Crippen LogP contribution < -0.4 is 16.0 Å². The van der Waals surface area contributed by atoms with E-state index in [2.05, 4.69) is 27.3 Å². The predicted octanol–water partition coefficient (Wildman–Crippen LogP) is 3.91. The average Bonchev–Trinajstić information content (AvgIpc) is 3.35. The van der Waals surface area contributed by atoms with Gasteiger partial charge in [0.25, 0.3) is 0 Å². The molecule has 1 saturated heterocycles. The first-order valence-electron chi connectivity index (χ1n) is 10.5. The number of piperazine rings is 1. The molecule has 1 aliphatic heterocycles. The van der Waals surface area contributed by atoms with E-state index in [0.29, 0.717) is 11.3 Å². The molecule has 0 radical (unpaired) electrons. The van der Waals surface area contributed by atoms with Crippen molar-refractivity contribution < 1.29 is 9.21 Å². The van der Waals surface area contributed by atoms with Gasteiger partial charge in [-0.05, 0) is 54.1 Å². The van der Waals surface area contributed by atoms with E-state index in [0.717, 1.165) is 54.0 Å². The second-order valence-electron chi connectivity index (χ2n) is 7.83. The molecule has 0 unspecified atom stereocenters. The van der Waals surface area contributed by atoms with Crippen molar-refractivity contribution in [3.63, 3.8) is 0 Å². The van der Waals surface area contributed by atoms with E-state index < -0.39 is 0 Å². The number of aromatic nitrogens is 1. The van der Waals surface area contributed by atoms with Gasteiger partial charge in [0.1, 0.15) is 5.76 Å². The highest BCUT2D eigenvalue weighted by molar-refractivity contribution is 6.00. The monoisotopic (exact) mass is 412 g/mol. The van der Waals surface area contributed by atoms with E-state index in [1.807, 2.05) is 42.5 Å². The van der Waals surface area contributed by atoms with Crippen LogP contribution in [0.4, 0.5) is 11.4 Å². The molecule has 0 amide bonds. The Morgan fingerprint density at radius 3 is 2.77 bits per heavy atom. The molecule has 1 fully saturated rings. The zero-order valence-corrected chi connectivity index (χ0v) is 17.2. The molecule has 0 aliphatic carbocycles. The second kappa shape index (κ2) is 8.24. The summed E-state index contributed by atoms with van der Waals surface area (Å²) < 4.78 is 5.46. The van der Waals surface area contributed by atoms with E-state index in [4.69, 9.17) is 10.2 Å². The van der Waals surface area contributed by atoms with Crippen LogP contribution in [0, 0.1) is 0 Å². The lowest BCUT2D eigenvalue weighted by Gasteiger charge is -2.29. The van der Waals surface area contributed by atoms with Crippen LogP contribution in [0.5, 0.6) is 0 Å². The van der Waals surface area contributed by atoms with Gasteiger partial charge < -0.3 is 20.4 Å². The highest BCUT2D eigenvalue weighted by atomic mass is 16.3. The van der Waals surface area contributed by atoms with Crippen molar-refractivity contribution in [1.82, 2.24) is 10.3 Å². The van der Waals surface area contributed by atoms with Crippen LogP contribution in [0.25, 0.3) is 22.2 Å². The third kappa shape index (κ3) is 4.02. The van der Waals surface area contributed by atoms with E-state index >= 15 is 0 Å². The van der Waals surface area contributed by atoms with Crippen molar-refractivity contribution in [2.24, 2.45) is 0 Å². The van der Waals surface area contributed by atoms with Crippen LogP contribution in [0.3, 0.4) is 0 Å². The van der Waals surface area contributed by atoms with E-state index in [-0.39, 0.29) is 12.2 Å². The first kappa shape index (κ1) is 19.3. The predicted molar refractivity (Wildman–Crippen MR) is 123 cm³/mol. The highest BCUT2D eigenvalue weighted by Crippen LogP contribution is 2.26. The third-order valence-corrected chi connectivity index (χ3v) is 5.77. The number of fused-ring (bicyclic) bond motifs is 1. The summed E-state index contributed by atoms with van der Waals surface area (Å²) in [6, 6.07) is 17.5. The quantitative estimate of drug-likeness (QED) is 0.382. The number of nitrogen functional groups attached to an aromatic ring is 1. The van der Waals surface area contributed by atoms with Crippen LogP contribution in [-0.4, -0.2) is 36.9 Å². The van der Waals surface area contributed by atoms with E-state index in [9.17, 15) is 4.79 Å². The number of Topliss-reactive ketones (excluding diaryl/α,β-unsaturated/α-hetero) is 1. The van der Waals surface area contributed by atoms with Gasteiger partial charge in [-0.25, -0.2) is 0 Å². The summed E-state index contributed by atoms with van der Waals surface area (Å²) in [5.74, 6) is 0.741. The van der Waals surface area contributed by atoms with Crippen LogP contribution >= 0.6 is 0 Å². The topological polar surface area (TPSA) is 84.4 Å². The number of carbonyl (C=O) groups excluding carboxylic acids is 1. The fourth-order valence-electron chi connectivity index (χ4n) is 4.01. The lowest BCUT2D eigenvalue weighted by atomic mass is 9.99. The minimum absolute atomic E-state index is 0.0103. The fraction of sp³-hybridized carbons (Fsp3) is 0.200. The van der Waals surface area contributed by atoms with Crippen molar-refractivity contribution in [3.05, 3.63) is 78.2 Å². The van der Waals surface area contributed by atoms with Gasteiger partial charge in [0, 0.05) is 66.7 Å². The molecule has 6 nitrogen and oxygen atoms in total. The zero-order chi connectivity index (χ0) is 21.2. The fourth-order valence-corrected chi connectivity index (χ4v) is 4.01. The van der Waals surface area contributed by atoms with Gasteiger partial charge in [0.2, 0.25) is 0 Å². The number of pyridine rings is 1. The normalized spacial score (nSPS) is 14.1. The number of ketones is 1. The van der Waals surface area contributed by atoms with Crippen molar-refractivity contribution >= 4 is 28.1 Å². The summed E-state index contributed by atoms with van der Waals surface area (Å²) in [5, 5.41) is 4.33. The van der Waals surface area contributed by atoms with Gasteiger partial charge in [-0.3, -0.25) is 9.78 Å². The largest absolute Gasteiger partial charge is 0.464 e. The van der Waals surface area contributed by atoms with Gasteiger partial charge in [0.15, 0.2) is 5.78 Å². The minimum atomic E-state index is -0.0103. The number of benzene rings is 2. The molecule has 1 aliphatic rings. The number of nitrogens with zero attached hydrogens (tertiary/aromatic N) is 2. The van der Waals surface area contributed by atoms with Crippen LogP contribution in [-0.2, 0) is 6.42 Å². The number of carbonyl (C=O) groups is 1. The van der Waals surface area contributed by atoms with E-state index in [1.54, 1.807) is 12.5 Å². The molecule has 3 N–H and O–H groups in total. The summed E-state index contributed by atoms with van der Waals surface area (Å²) in [4.78, 5) is 19.9. The molecule has 2 aromatic heterocycles. The van der Waals surface area contributed by atoms with Gasteiger partial charge in [0.05, 0.1) is 11.8 Å². The number of anilines is 2. The standard InChI is InChI=1S/C25H24N4O2/c26-22-6-4-18(25-2-1-11-31-25)13-19(22)14-24(30)20-12-17-3-5-21(15-23(17)28-16-20)29-9-7-27-8-10-29/h1-6,11-13,15-16,27H,7-10,14,26H2. The average molecular weight is 412 g/mol. The van der Waals surface area contributed by atoms with Crippen molar-refractivity contribution in [2.45, 2.75) is 6.42 Å². The number of nitrogens with two attached hydrogens (primary N) is 1. The van der Waals surface area contributed by atoms with Crippen molar-refractivity contribution in [1.29, 1.82) is 0 Å². The molecule has 5 rings (SSSR count). The number of rotatable bonds is 5. The second-order valence-corrected chi connectivity index (χ2v) is 7.83. The summed E-state index contributed by atoms with van der Waals surface area (Å²) in [5.41, 5.74) is 11.1. The number of hydrogen-bond acceptors (Lipinski definition) is 6. The van der Waals surface area contributed by atoms with Gasteiger partial charge in [-0.2, -0.15) is 0 Å². The lowest BCUT2D eigenvalue weighted by molar-refractivity contribution is 0.0993. The van der Waals surface area contributed by atoms with Crippen LogP contribution in [0.2, 0.25) is 0 Å². The maximum Gasteiger partial charge on any atom is 0.168 e. The van der Waals surface area contributed by atoms with Crippen LogP contribution in [0.15, 0.2) is 71.5 Å². The molecule has 156 valence electrons. The van der Waals surface area contributed by atoms with Crippen molar-refractivity contribution in [2.75, 3.05) is 36.8 Å². The molecule has 6 heteroatoms. The molecule has 4 aromatic rings. The highest BCUT2D eigenvalue weighted by Gasteiger charge is 2.14. The minimum Gasteiger partial charge on any atom is -0.464 e. The number of nitrogens with one attached hydrogen (secondary N) is 1. The molecule has 0 bridgehead atoms. The molecule has 0 atom stereocenters. The molecule has 31 heavy (non-hydrogen) atoms. The molecule has 0 spiro atoms. The van der Waals surface area contributed by atoms with Gasteiger partial charge in [-0.15, -0.1) is 0 Å².